The van der Waals surface area contributed by atoms with Gasteiger partial charge in [0.05, 0.1) is 0 Å². The first-order valence-corrected chi connectivity index (χ1v) is 6.90. The summed E-state index contributed by atoms with van der Waals surface area (Å²) in [6, 6.07) is 20.4. The van der Waals surface area contributed by atoms with Gasteiger partial charge in [0.25, 0.3) is 0 Å². The Balaban J connectivity index is 2.18. The van der Waals surface area contributed by atoms with Gasteiger partial charge in [-0.2, -0.15) is 0 Å². The molecule has 2 rings (SSSR count). The zero-order valence-corrected chi connectivity index (χ0v) is 11.2. The topological polar surface area (TPSA) is 17.1 Å². The minimum Gasteiger partial charge on any atom is -0.300 e. The van der Waals surface area contributed by atoms with E-state index in [-0.39, 0.29) is 11.0 Å². The molecule has 0 heterocycles. The van der Waals surface area contributed by atoms with Gasteiger partial charge in [-0.25, -0.2) is 0 Å². The van der Waals surface area contributed by atoms with Crippen molar-refractivity contribution in [2.75, 3.05) is 0 Å². The molecule has 0 amide bonds. The summed E-state index contributed by atoms with van der Waals surface area (Å²) in [5.41, 5.74) is 1.21. The predicted molar refractivity (Wildman–Crippen MR) is 76.8 cm³/mol. The van der Waals surface area contributed by atoms with Crippen molar-refractivity contribution < 1.29 is 4.79 Å². The molecule has 2 heteroatoms. The predicted octanol–water partition coefficient (Wildman–Crippen LogP) is 4.50. The number of hydrogen-bond acceptors (Lipinski definition) is 2. The Bertz CT molecular complexity index is 493. The number of carbonyl (C=O) groups is 1. The highest BCUT2D eigenvalue weighted by molar-refractivity contribution is 7.99. The third-order valence-electron chi connectivity index (χ3n) is 2.67. The molecule has 0 spiro atoms. The highest BCUT2D eigenvalue weighted by atomic mass is 32.2. The minimum absolute atomic E-state index is 0.200. The number of carbonyl (C=O) groups excluding carboxylic acids is 1. The van der Waals surface area contributed by atoms with Gasteiger partial charge in [-0.3, -0.25) is 4.79 Å². The van der Waals surface area contributed by atoms with Crippen molar-refractivity contribution >= 4 is 17.5 Å². The van der Waals surface area contributed by atoms with E-state index in [0.717, 1.165) is 0 Å². The quantitative estimate of drug-likeness (QED) is 0.733. The first kappa shape index (κ1) is 12.9. The van der Waals surface area contributed by atoms with Crippen LogP contribution in [0.2, 0.25) is 0 Å². The average molecular weight is 256 g/mol. The molecular formula is C16H16OS. The Morgan fingerprint density at radius 2 is 1.56 bits per heavy atom. The molecule has 0 fully saturated rings. The summed E-state index contributed by atoms with van der Waals surface area (Å²) in [7, 11) is 0. The van der Waals surface area contributed by atoms with Crippen LogP contribution in [0.4, 0.5) is 0 Å². The van der Waals surface area contributed by atoms with E-state index in [1.165, 1.54) is 10.5 Å². The lowest BCUT2D eigenvalue weighted by Crippen LogP contribution is -2.00. The molecule has 1 nitrogen and oxygen atoms in total. The van der Waals surface area contributed by atoms with Crippen LogP contribution in [0.25, 0.3) is 0 Å². The molecular weight excluding hydrogens is 240 g/mol. The third-order valence-corrected chi connectivity index (χ3v) is 3.93. The van der Waals surface area contributed by atoms with Crippen molar-refractivity contribution in [2.24, 2.45) is 0 Å². The molecule has 0 radical (unpaired) electrons. The van der Waals surface area contributed by atoms with Crippen LogP contribution in [0.3, 0.4) is 0 Å². The lowest BCUT2D eigenvalue weighted by molar-refractivity contribution is -0.117. The highest BCUT2D eigenvalue weighted by Gasteiger charge is 2.14. The molecule has 92 valence electrons. The van der Waals surface area contributed by atoms with Crippen LogP contribution in [0.15, 0.2) is 65.6 Å². The van der Waals surface area contributed by atoms with Crippen molar-refractivity contribution in [3.8, 4) is 0 Å². The van der Waals surface area contributed by atoms with Gasteiger partial charge in [-0.15, -0.1) is 11.8 Å². The Kier molecular flexibility index (Phi) is 4.59. The van der Waals surface area contributed by atoms with Gasteiger partial charge >= 0.3 is 0 Å². The van der Waals surface area contributed by atoms with E-state index >= 15 is 0 Å². The molecule has 2 aromatic rings. The lowest BCUT2D eigenvalue weighted by atomic mass is 10.1. The summed E-state index contributed by atoms with van der Waals surface area (Å²) in [5.74, 6) is 0.229. The Morgan fingerprint density at radius 1 is 1.00 bits per heavy atom. The highest BCUT2D eigenvalue weighted by Crippen LogP contribution is 2.37. The van der Waals surface area contributed by atoms with E-state index in [2.05, 4.69) is 24.3 Å². The van der Waals surface area contributed by atoms with Gasteiger partial charge in [0, 0.05) is 16.6 Å². The summed E-state index contributed by atoms with van der Waals surface area (Å²) < 4.78 is 0. The summed E-state index contributed by atoms with van der Waals surface area (Å²) in [6.07, 6.45) is 0.573. The van der Waals surface area contributed by atoms with Gasteiger partial charge in [-0.1, -0.05) is 48.5 Å². The zero-order valence-electron chi connectivity index (χ0n) is 10.4. The molecule has 1 atom stereocenters. The smallest absolute Gasteiger partial charge is 0.131 e. The molecule has 0 aliphatic carbocycles. The van der Waals surface area contributed by atoms with Gasteiger partial charge in [0.1, 0.15) is 5.78 Å². The molecule has 0 saturated heterocycles. The molecule has 0 aliphatic heterocycles. The maximum absolute atomic E-state index is 11.4. The second kappa shape index (κ2) is 6.41. The molecule has 0 saturated carbocycles. The fourth-order valence-electron chi connectivity index (χ4n) is 1.82. The average Bonchev–Trinajstić information content (AvgIpc) is 2.40. The van der Waals surface area contributed by atoms with Crippen molar-refractivity contribution in [3.05, 3.63) is 66.2 Å². The van der Waals surface area contributed by atoms with E-state index < -0.39 is 0 Å². The van der Waals surface area contributed by atoms with Crippen LogP contribution >= 0.6 is 11.8 Å². The first-order chi connectivity index (χ1) is 8.75. The maximum Gasteiger partial charge on any atom is 0.131 e. The largest absolute Gasteiger partial charge is 0.300 e. The molecule has 2 aromatic carbocycles. The third kappa shape index (κ3) is 3.74. The van der Waals surface area contributed by atoms with Gasteiger partial charge in [0.15, 0.2) is 0 Å². The van der Waals surface area contributed by atoms with Crippen LogP contribution < -0.4 is 0 Å². The van der Waals surface area contributed by atoms with Crippen molar-refractivity contribution in [3.63, 3.8) is 0 Å². The summed E-state index contributed by atoms with van der Waals surface area (Å²) in [6.45, 7) is 1.65. The van der Waals surface area contributed by atoms with E-state index in [1.807, 2.05) is 36.4 Å². The number of Topliss-reactive ketones (excluding diaryl/α,β-unsaturated/α-hetero) is 1. The molecule has 0 aliphatic rings. The fourth-order valence-corrected chi connectivity index (χ4v) is 3.07. The van der Waals surface area contributed by atoms with Crippen LogP contribution in [-0.2, 0) is 4.79 Å². The van der Waals surface area contributed by atoms with Gasteiger partial charge in [0.2, 0.25) is 0 Å². The van der Waals surface area contributed by atoms with Gasteiger partial charge in [-0.05, 0) is 24.6 Å². The van der Waals surface area contributed by atoms with Crippen LogP contribution in [0.5, 0.6) is 0 Å². The number of hydrogen-bond donors (Lipinski definition) is 0. The zero-order chi connectivity index (χ0) is 12.8. The Labute approximate surface area is 112 Å². The van der Waals surface area contributed by atoms with Crippen LogP contribution in [0, 0.1) is 0 Å². The van der Waals surface area contributed by atoms with Crippen molar-refractivity contribution in [1.29, 1.82) is 0 Å². The molecule has 1 unspecified atom stereocenters. The Morgan fingerprint density at radius 3 is 2.11 bits per heavy atom. The van der Waals surface area contributed by atoms with Gasteiger partial charge < -0.3 is 0 Å². The van der Waals surface area contributed by atoms with Crippen LogP contribution in [0.1, 0.15) is 24.2 Å². The second-order valence-corrected chi connectivity index (χ2v) is 5.51. The summed E-state index contributed by atoms with van der Waals surface area (Å²) in [5, 5.41) is 0.200. The number of benzene rings is 2. The second-order valence-electron chi connectivity index (χ2n) is 4.24. The molecule has 0 N–H and O–H groups in total. The SMILES string of the molecule is CC(=O)CC(Sc1ccccc1)c1ccccc1. The summed E-state index contributed by atoms with van der Waals surface area (Å²) in [4.78, 5) is 12.6. The monoisotopic (exact) mass is 256 g/mol. The summed E-state index contributed by atoms with van der Waals surface area (Å²) >= 11 is 1.75. The standard InChI is InChI=1S/C16H16OS/c1-13(17)12-16(14-8-4-2-5-9-14)18-15-10-6-3-7-11-15/h2-11,16H,12H2,1H3. The van der Waals surface area contributed by atoms with Crippen LogP contribution in [-0.4, -0.2) is 5.78 Å². The number of rotatable bonds is 5. The van der Waals surface area contributed by atoms with Crippen molar-refractivity contribution in [1.82, 2.24) is 0 Å². The Hall–Kier alpha value is -1.54. The van der Waals surface area contributed by atoms with E-state index in [9.17, 15) is 4.79 Å². The lowest BCUT2D eigenvalue weighted by Gasteiger charge is -2.15. The van der Waals surface area contributed by atoms with E-state index in [1.54, 1.807) is 18.7 Å². The first-order valence-electron chi connectivity index (χ1n) is 6.02. The maximum atomic E-state index is 11.4. The minimum atomic E-state index is 0.200. The molecule has 18 heavy (non-hydrogen) atoms. The fraction of sp³-hybridized carbons (Fsp3) is 0.188. The normalized spacial score (nSPS) is 12.1. The number of ketones is 1. The van der Waals surface area contributed by atoms with Crippen molar-refractivity contribution in [2.45, 2.75) is 23.5 Å². The number of thioether (sulfide) groups is 1. The van der Waals surface area contributed by atoms with E-state index in [0.29, 0.717) is 6.42 Å². The molecule has 0 aromatic heterocycles. The molecule has 0 bridgehead atoms. The van der Waals surface area contributed by atoms with E-state index in [4.69, 9.17) is 0 Å².